The van der Waals surface area contributed by atoms with Crippen molar-refractivity contribution in [2.75, 3.05) is 6.61 Å². The number of ketones is 1. The van der Waals surface area contributed by atoms with Gasteiger partial charge in [0.05, 0.1) is 19.2 Å². The van der Waals surface area contributed by atoms with Gasteiger partial charge in [0.25, 0.3) is 11.8 Å². The zero-order valence-corrected chi connectivity index (χ0v) is 26.0. The number of rotatable bonds is 17. The van der Waals surface area contributed by atoms with Crippen molar-refractivity contribution < 1.29 is 27.9 Å². The van der Waals surface area contributed by atoms with E-state index in [1.54, 1.807) is 4.90 Å². The Balaban J connectivity index is 1.42. The average Bonchev–Trinajstić information content (AvgIpc) is 3.37. The monoisotopic (exact) mass is 613 g/mol. The van der Waals surface area contributed by atoms with Crippen molar-refractivity contribution in [3.63, 3.8) is 0 Å². The maximum absolute atomic E-state index is 14.1. The summed E-state index contributed by atoms with van der Waals surface area (Å²) >= 11 is 0. The smallest absolute Gasteiger partial charge is 0.273 e. The Labute approximate surface area is 258 Å². The molecule has 10 heteroatoms. The molecule has 1 aromatic heterocycles. The Morgan fingerprint density at radius 2 is 1.64 bits per heavy atom. The number of hydrogen-bond acceptors (Lipinski definition) is 5. The molecule has 240 valence electrons. The summed E-state index contributed by atoms with van der Waals surface area (Å²) in [6.07, 6.45) is 13.5. The highest BCUT2D eigenvalue weighted by atomic mass is 19.1. The number of nitrogens with one attached hydrogen (secondary N) is 1. The Morgan fingerprint density at radius 3 is 2.30 bits per heavy atom. The standard InChI is InChI=1S/C34H45F2N3O5/c1-3-4-5-6-7-8-9-10-11-12-13-14-26(40)18-27-31-34(43)39-23(2)22-44-30(39)21-38(31)20-28(32(27)41)33(42)37-19-24-15-16-25(35)17-29(24)36/h15-17,20,23,30H,3-14,18-19,21-22H2,1-2H3,(H,37,42)/t23-,30+/m0/s1. The Kier molecular flexibility index (Phi) is 12.2. The normalized spacial score (nSPS) is 17.5. The van der Waals surface area contributed by atoms with Gasteiger partial charge in [0, 0.05) is 42.8 Å². The zero-order chi connectivity index (χ0) is 31.6. The summed E-state index contributed by atoms with van der Waals surface area (Å²) in [5.41, 5.74) is -0.779. The number of unbranched alkanes of at least 4 members (excludes halogenated alkanes) is 10. The van der Waals surface area contributed by atoms with Crippen molar-refractivity contribution in [1.29, 1.82) is 0 Å². The molecule has 0 unspecified atom stereocenters. The van der Waals surface area contributed by atoms with Gasteiger partial charge in [-0.1, -0.05) is 77.2 Å². The molecule has 3 heterocycles. The Morgan fingerprint density at radius 1 is 0.977 bits per heavy atom. The number of pyridine rings is 1. The predicted octanol–water partition coefficient (Wildman–Crippen LogP) is 6.07. The molecule has 8 nitrogen and oxygen atoms in total. The minimum Gasteiger partial charge on any atom is -0.354 e. The van der Waals surface area contributed by atoms with Crippen LogP contribution in [0.25, 0.3) is 0 Å². The van der Waals surface area contributed by atoms with Crippen LogP contribution in [0.2, 0.25) is 0 Å². The third-order valence-electron chi connectivity index (χ3n) is 8.61. The van der Waals surface area contributed by atoms with Crippen molar-refractivity contribution in [2.24, 2.45) is 0 Å². The van der Waals surface area contributed by atoms with E-state index in [9.17, 15) is 28.0 Å². The van der Waals surface area contributed by atoms with E-state index in [1.165, 1.54) is 61.8 Å². The molecule has 2 aromatic rings. The predicted molar refractivity (Wildman–Crippen MR) is 163 cm³/mol. The summed E-state index contributed by atoms with van der Waals surface area (Å²) in [5, 5.41) is 2.52. The van der Waals surface area contributed by atoms with Crippen LogP contribution < -0.4 is 10.7 Å². The Bertz CT molecular complexity index is 1390. The molecule has 1 fully saturated rings. The Hall–Kier alpha value is -3.40. The molecule has 2 aliphatic heterocycles. The molecule has 1 aromatic carbocycles. The molecule has 0 aliphatic carbocycles. The molecule has 1 N–H and O–H groups in total. The lowest BCUT2D eigenvalue weighted by atomic mass is 9.97. The average molecular weight is 614 g/mol. The third kappa shape index (κ3) is 8.40. The van der Waals surface area contributed by atoms with E-state index in [4.69, 9.17) is 4.74 Å². The van der Waals surface area contributed by atoms with Gasteiger partial charge in [-0.2, -0.15) is 0 Å². The van der Waals surface area contributed by atoms with Crippen molar-refractivity contribution in [1.82, 2.24) is 14.8 Å². The fourth-order valence-electron chi connectivity index (χ4n) is 6.11. The molecule has 0 saturated carbocycles. The van der Waals surface area contributed by atoms with E-state index in [-0.39, 0.29) is 60.1 Å². The van der Waals surface area contributed by atoms with Crippen LogP contribution in [0.1, 0.15) is 123 Å². The highest BCUT2D eigenvalue weighted by molar-refractivity contribution is 5.99. The first-order valence-corrected chi connectivity index (χ1v) is 16.2. The highest BCUT2D eigenvalue weighted by Gasteiger charge is 2.42. The van der Waals surface area contributed by atoms with Gasteiger partial charge in [-0.25, -0.2) is 8.78 Å². The van der Waals surface area contributed by atoms with Crippen LogP contribution >= 0.6 is 0 Å². The highest BCUT2D eigenvalue weighted by Crippen LogP contribution is 2.28. The molecule has 2 amide bonds. The first kappa shape index (κ1) is 33.5. The number of nitrogens with zero attached hydrogens (tertiary/aromatic N) is 2. The minimum absolute atomic E-state index is 0.00114. The number of carbonyl (C=O) groups excluding carboxylic acids is 3. The van der Waals surface area contributed by atoms with E-state index in [1.807, 2.05) is 6.92 Å². The minimum atomic E-state index is -0.820. The third-order valence-corrected chi connectivity index (χ3v) is 8.61. The van der Waals surface area contributed by atoms with Crippen LogP contribution in [0.3, 0.4) is 0 Å². The van der Waals surface area contributed by atoms with E-state index in [2.05, 4.69) is 12.2 Å². The summed E-state index contributed by atoms with van der Waals surface area (Å²) in [6.45, 7) is 4.36. The van der Waals surface area contributed by atoms with Gasteiger partial charge in [-0.05, 0) is 19.4 Å². The molecule has 44 heavy (non-hydrogen) atoms. The second-order valence-electron chi connectivity index (χ2n) is 12.1. The fourth-order valence-corrected chi connectivity index (χ4v) is 6.11. The van der Waals surface area contributed by atoms with Crippen LogP contribution in [-0.4, -0.2) is 45.9 Å². The molecule has 0 radical (unpaired) electrons. The summed E-state index contributed by atoms with van der Waals surface area (Å²) in [4.78, 5) is 55.1. The van der Waals surface area contributed by atoms with Gasteiger partial charge >= 0.3 is 0 Å². The van der Waals surface area contributed by atoms with E-state index in [0.29, 0.717) is 19.1 Å². The first-order chi connectivity index (χ1) is 21.2. The second kappa shape index (κ2) is 16.1. The van der Waals surface area contributed by atoms with Crippen LogP contribution in [0.5, 0.6) is 0 Å². The van der Waals surface area contributed by atoms with Gasteiger partial charge in [0.2, 0.25) is 0 Å². The van der Waals surface area contributed by atoms with Crippen molar-refractivity contribution in [3.8, 4) is 0 Å². The largest absolute Gasteiger partial charge is 0.354 e. The van der Waals surface area contributed by atoms with Gasteiger partial charge in [0.1, 0.15) is 28.7 Å². The lowest BCUT2D eigenvalue weighted by Gasteiger charge is -2.34. The lowest BCUT2D eigenvalue weighted by molar-refractivity contribution is -0.118. The molecule has 1 saturated heterocycles. The molecule has 0 bridgehead atoms. The van der Waals surface area contributed by atoms with E-state index in [0.717, 1.165) is 25.3 Å². The maximum atomic E-state index is 14.1. The van der Waals surface area contributed by atoms with Crippen molar-refractivity contribution in [3.05, 3.63) is 68.6 Å². The van der Waals surface area contributed by atoms with Gasteiger partial charge in [0.15, 0.2) is 11.7 Å². The SMILES string of the molecule is CCCCCCCCCCCCCC(=O)Cc1c2n(cc(C(=O)NCc3ccc(F)cc3F)c1=O)C[C@H]1OC[C@H](C)N1C2=O. The van der Waals surface area contributed by atoms with Crippen molar-refractivity contribution in [2.45, 2.75) is 123 Å². The lowest BCUT2D eigenvalue weighted by Crippen LogP contribution is -2.50. The van der Waals surface area contributed by atoms with Crippen molar-refractivity contribution >= 4 is 17.6 Å². The summed E-state index contributed by atoms with van der Waals surface area (Å²) < 4.78 is 34.7. The molecule has 0 spiro atoms. The maximum Gasteiger partial charge on any atom is 0.273 e. The number of benzene rings is 1. The number of amides is 2. The van der Waals surface area contributed by atoms with Gasteiger partial charge in [-0.15, -0.1) is 0 Å². The van der Waals surface area contributed by atoms with Crippen LogP contribution in [-0.2, 0) is 29.0 Å². The van der Waals surface area contributed by atoms with Crippen LogP contribution in [0, 0.1) is 11.6 Å². The quantitative estimate of drug-likeness (QED) is 0.219. The number of fused-ring (bicyclic) bond motifs is 2. The molecule has 4 rings (SSSR count). The first-order valence-electron chi connectivity index (χ1n) is 16.2. The van der Waals surface area contributed by atoms with Crippen LogP contribution in [0.15, 0.2) is 29.2 Å². The topological polar surface area (TPSA) is 97.7 Å². The second-order valence-corrected chi connectivity index (χ2v) is 12.1. The van der Waals surface area contributed by atoms with E-state index < -0.39 is 35.1 Å². The summed E-state index contributed by atoms with van der Waals surface area (Å²) in [6, 6.07) is 2.83. The number of halogens is 2. The number of Topliss-reactive ketones (excluding diaryl/α,β-unsaturated/α-hetero) is 1. The van der Waals surface area contributed by atoms with Gasteiger partial charge in [-0.3, -0.25) is 19.2 Å². The summed E-state index contributed by atoms with van der Waals surface area (Å²) in [7, 11) is 0. The molecule has 2 atom stereocenters. The zero-order valence-electron chi connectivity index (χ0n) is 26.0. The molecular formula is C34H45F2N3O5. The van der Waals surface area contributed by atoms with Crippen LogP contribution in [0.4, 0.5) is 8.78 Å². The fraction of sp³-hybridized carbons (Fsp3) is 0.588. The number of carbonyl (C=O) groups is 3. The van der Waals surface area contributed by atoms with E-state index >= 15 is 0 Å². The molecule has 2 aliphatic rings. The number of aromatic nitrogens is 1. The number of ether oxygens (including phenoxy) is 1. The number of hydrogen-bond donors (Lipinski definition) is 1. The molecular weight excluding hydrogens is 568 g/mol. The summed E-state index contributed by atoms with van der Waals surface area (Å²) in [5.74, 6) is -2.90. The van der Waals surface area contributed by atoms with Gasteiger partial charge < -0.3 is 19.5 Å².